The third-order valence-corrected chi connectivity index (χ3v) is 4.21. The third kappa shape index (κ3) is 4.39. The predicted molar refractivity (Wildman–Crippen MR) is 104 cm³/mol. The zero-order chi connectivity index (χ0) is 19.2. The van der Waals surface area contributed by atoms with Gasteiger partial charge in [-0.2, -0.15) is 0 Å². The quantitative estimate of drug-likeness (QED) is 0.603. The van der Waals surface area contributed by atoms with E-state index >= 15 is 0 Å². The van der Waals surface area contributed by atoms with E-state index in [9.17, 15) is 9.18 Å². The van der Waals surface area contributed by atoms with Gasteiger partial charge in [-0.15, -0.1) is 0 Å². The molecule has 0 spiro atoms. The third-order valence-electron chi connectivity index (χ3n) is 4.21. The van der Waals surface area contributed by atoms with Crippen molar-refractivity contribution in [3.63, 3.8) is 0 Å². The molecule has 2 aromatic heterocycles. The molecule has 0 fully saturated rings. The maximum absolute atomic E-state index is 14.6. The molecular weight excluding hydrogens is 345 g/mol. The highest BCUT2D eigenvalue weighted by Gasteiger charge is 2.16. The summed E-state index contributed by atoms with van der Waals surface area (Å²) < 4.78 is 20.1. The van der Waals surface area contributed by atoms with Crippen molar-refractivity contribution in [2.24, 2.45) is 0 Å². The highest BCUT2D eigenvalue weighted by molar-refractivity contribution is 6.05. The number of nitrogens with zero attached hydrogens (tertiary/aromatic N) is 2. The Hall–Kier alpha value is -3.02. The molecule has 0 saturated carbocycles. The van der Waals surface area contributed by atoms with E-state index in [0.29, 0.717) is 23.2 Å². The van der Waals surface area contributed by atoms with E-state index in [4.69, 9.17) is 4.74 Å². The molecule has 0 bridgehead atoms. The van der Waals surface area contributed by atoms with Crippen LogP contribution < -0.4 is 10.1 Å². The number of carbonyl (C=O) groups is 1. The van der Waals surface area contributed by atoms with Gasteiger partial charge in [0.25, 0.3) is 5.91 Å². The van der Waals surface area contributed by atoms with Gasteiger partial charge in [0.05, 0.1) is 23.3 Å². The van der Waals surface area contributed by atoms with Crippen molar-refractivity contribution in [2.75, 3.05) is 11.9 Å². The van der Waals surface area contributed by atoms with Crippen LogP contribution in [0.5, 0.6) is 5.75 Å². The van der Waals surface area contributed by atoms with Gasteiger partial charge in [0.2, 0.25) is 0 Å². The number of nitrogens with one attached hydrogen (secondary N) is 1. The molecular formula is C21H22FN3O2. The molecule has 1 N–H and O–H groups in total. The molecule has 0 saturated heterocycles. The lowest BCUT2D eigenvalue weighted by atomic mass is 10.1. The summed E-state index contributed by atoms with van der Waals surface area (Å²) in [7, 11) is 0. The maximum atomic E-state index is 14.6. The molecule has 0 aliphatic heterocycles. The Bertz CT molecular complexity index is 959. The van der Waals surface area contributed by atoms with Gasteiger partial charge in [-0.05, 0) is 49.2 Å². The molecule has 3 rings (SSSR count). The lowest BCUT2D eigenvalue weighted by molar-refractivity contribution is 0.102. The van der Waals surface area contributed by atoms with Crippen LogP contribution in [0.25, 0.3) is 11.0 Å². The van der Waals surface area contributed by atoms with Gasteiger partial charge in [-0.1, -0.05) is 25.8 Å². The zero-order valence-electron chi connectivity index (χ0n) is 15.5. The Labute approximate surface area is 157 Å². The van der Waals surface area contributed by atoms with Crippen LogP contribution in [-0.4, -0.2) is 22.5 Å². The lowest BCUT2D eigenvalue weighted by Crippen LogP contribution is -2.16. The first-order valence-electron chi connectivity index (χ1n) is 9.05. The maximum Gasteiger partial charge on any atom is 0.274 e. The molecule has 2 heterocycles. The van der Waals surface area contributed by atoms with Crippen molar-refractivity contribution < 1.29 is 13.9 Å². The van der Waals surface area contributed by atoms with Gasteiger partial charge in [-0.3, -0.25) is 9.78 Å². The summed E-state index contributed by atoms with van der Waals surface area (Å²) in [5.74, 6) is -0.918. The highest BCUT2D eigenvalue weighted by Crippen LogP contribution is 2.25. The molecule has 0 radical (unpaired) electrons. The van der Waals surface area contributed by atoms with Crippen molar-refractivity contribution >= 4 is 22.6 Å². The van der Waals surface area contributed by atoms with Crippen LogP contribution in [0, 0.1) is 12.7 Å². The topological polar surface area (TPSA) is 64.1 Å². The number of hydrogen-bond donors (Lipinski definition) is 1. The number of hydrogen-bond acceptors (Lipinski definition) is 4. The normalized spacial score (nSPS) is 10.8. The molecule has 3 aromatic rings. The number of fused-ring (bicyclic) bond motifs is 1. The average molecular weight is 367 g/mol. The number of pyridine rings is 2. The number of anilines is 1. The number of benzene rings is 1. The minimum Gasteiger partial charge on any atom is -0.490 e. The van der Waals surface area contributed by atoms with E-state index in [-0.39, 0.29) is 17.1 Å². The summed E-state index contributed by atoms with van der Waals surface area (Å²) in [4.78, 5) is 21.2. The van der Waals surface area contributed by atoms with Crippen molar-refractivity contribution in [2.45, 2.75) is 33.1 Å². The predicted octanol–water partition coefficient (Wildman–Crippen LogP) is 4.90. The fourth-order valence-corrected chi connectivity index (χ4v) is 2.76. The van der Waals surface area contributed by atoms with Crippen molar-refractivity contribution in [3.8, 4) is 5.75 Å². The van der Waals surface area contributed by atoms with E-state index < -0.39 is 11.7 Å². The van der Waals surface area contributed by atoms with Gasteiger partial charge in [0.15, 0.2) is 11.6 Å². The zero-order valence-corrected chi connectivity index (χ0v) is 15.5. The molecule has 6 heteroatoms. The second-order valence-corrected chi connectivity index (χ2v) is 6.32. The van der Waals surface area contributed by atoms with Gasteiger partial charge < -0.3 is 10.1 Å². The van der Waals surface area contributed by atoms with Crippen molar-refractivity contribution in [3.05, 3.63) is 59.7 Å². The largest absolute Gasteiger partial charge is 0.490 e. The molecule has 27 heavy (non-hydrogen) atoms. The molecule has 0 aliphatic rings. The number of carbonyl (C=O) groups excluding carboxylic acids is 1. The number of halogens is 1. The second-order valence-electron chi connectivity index (χ2n) is 6.32. The van der Waals surface area contributed by atoms with E-state index in [2.05, 4.69) is 22.2 Å². The highest BCUT2D eigenvalue weighted by atomic mass is 19.1. The van der Waals surface area contributed by atoms with Gasteiger partial charge >= 0.3 is 0 Å². The molecule has 1 aromatic carbocycles. The van der Waals surface area contributed by atoms with E-state index in [1.807, 2.05) is 0 Å². The Balaban J connectivity index is 1.79. The first-order chi connectivity index (χ1) is 13.1. The number of aromatic nitrogens is 2. The molecule has 140 valence electrons. The summed E-state index contributed by atoms with van der Waals surface area (Å²) in [6, 6.07) is 10.0. The first-order valence-corrected chi connectivity index (χ1v) is 9.05. The van der Waals surface area contributed by atoms with Crippen LogP contribution in [0.4, 0.5) is 10.1 Å². The smallest absolute Gasteiger partial charge is 0.274 e. The molecule has 0 unspecified atom stereocenters. The van der Waals surface area contributed by atoms with Crippen molar-refractivity contribution in [1.82, 2.24) is 9.97 Å². The lowest BCUT2D eigenvalue weighted by Gasteiger charge is -2.12. The summed E-state index contributed by atoms with van der Waals surface area (Å²) in [5.41, 5.74) is 2.30. The summed E-state index contributed by atoms with van der Waals surface area (Å²) >= 11 is 0. The number of aryl methyl sites for hydroxylation is 1. The fraction of sp³-hybridized carbons (Fsp3) is 0.286. The van der Waals surface area contributed by atoms with Gasteiger partial charge in [-0.25, -0.2) is 9.37 Å². The van der Waals surface area contributed by atoms with Crippen LogP contribution in [0.3, 0.4) is 0 Å². The Morgan fingerprint density at radius 1 is 1.19 bits per heavy atom. The Kier molecular flexibility index (Phi) is 5.96. The summed E-state index contributed by atoms with van der Waals surface area (Å²) in [6.45, 7) is 4.32. The Morgan fingerprint density at radius 2 is 2.04 bits per heavy atom. The number of amides is 1. The minimum absolute atomic E-state index is 0.0699. The molecule has 0 atom stereocenters. The van der Waals surface area contributed by atoms with Crippen LogP contribution >= 0.6 is 0 Å². The monoisotopic (exact) mass is 367 g/mol. The number of rotatable bonds is 7. The second kappa shape index (κ2) is 8.58. The van der Waals surface area contributed by atoms with Crippen LogP contribution in [0.15, 0.2) is 42.6 Å². The van der Waals surface area contributed by atoms with Crippen LogP contribution in [0.2, 0.25) is 0 Å². The van der Waals surface area contributed by atoms with Gasteiger partial charge in [0, 0.05) is 6.20 Å². The number of unbranched alkanes of at least 4 members (excludes halogenated alkanes) is 2. The molecule has 0 aliphatic carbocycles. The fourth-order valence-electron chi connectivity index (χ4n) is 2.76. The average Bonchev–Trinajstić information content (AvgIpc) is 2.67. The molecule has 1 amide bonds. The first kappa shape index (κ1) is 18.8. The van der Waals surface area contributed by atoms with E-state index in [1.54, 1.807) is 43.5 Å². The van der Waals surface area contributed by atoms with Crippen LogP contribution in [0.1, 0.15) is 42.2 Å². The van der Waals surface area contributed by atoms with Crippen LogP contribution in [-0.2, 0) is 0 Å². The van der Waals surface area contributed by atoms with E-state index in [0.717, 1.165) is 19.3 Å². The standard InChI is InChI=1S/C21H22FN3O2/c1-3-4-5-12-27-18-10-6-8-16(19(18)22)25-21(26)20-14(2)13-17-15(24-20)9-7-11-23-17/h6-11,13H,3-5,12H2,1-2H3,(H,25,26). The molecule has 5 nitrogen and oxygen atoms in total. The summed E-state index contributed by atoms with van der Waals surface area (Å²) in [5, 5.41) is 2.60. The van der Waals surface area contributed by atoms with Gasteiger partial charge in [0.1, 0.15) is 5.69 Å². The number of ether oxygens (including phenoxy) is 1. The summed E-state index contributed by atoms with van der Waals surface area (Å²) in [6.07, 6.45) is 4.63. The Morgan fingerprint density at radius 3 is 2.85 bits per heavy atom. The SMILES string of the molecule is CCCCCOc1cccc(NC(=O)c2nc3cccnc3cc2C)c1F. The van der Waals surface area contributed by atoms with E-state index in [1.165, 1.54) is 6.07 Å². The minimum atomic E-state index is -0.581. The van der Waals surface area contributed by atoms with Crippen molar-refractivity contribution in [1.29, 1.82) is 0 Å².